The summed E-state index contributed by atoms with van der Waals surface area (Å²) in [6, 6.07) is 10.9. The molecule has 0 aliphatic carbocycles. The standard InChI is InChI=1S/C25H25Cl3FNO3/c1-2-3-4-5-11-33-24-21(27)13-17(14-22(24)28)25(31)30(15-18-8-7-12-32-18)16-19-20(26)9-6-10-23(19)29/h6-10,12-14H,2-5,11,15-16H2,1H3. The normalized spacial score (nSPS) is 10.9. The van der Waals surface area contributed by atoms with E-state index in [1.807, 2.05) is 0 Å². The van der Waals surface area contributed by atoms with Crippen LogP contribution in [-0.2, 0) is 13.1 Å². The van der Waals surface area contributed by atoms with Gasteiger partial charge in [-0.3, -0.25) is 4.79 Å². The number of unbranched alkanes of at least 4 members (excludes halogenated alkanes) is 3. The highest BCUT2D eigenvalue weighted by atomic mass is 35.5. The number of rotatable bonds is 11. The Kier molecular flexibility index (Phi) is 9.48. The fourth-order valence-electron chi connectivity index (χ4n) is 3.37. The van der Waals surface area contributed by atoms with Gasteiger partial charge in [-0.2, -0.15) is 0 Å². The van der Waals surface area contributed by atoms with Gasteiger partial charge in [0.25, 0.3) is 5.91 Å². The highest BCUT2D eigenvalue weighted by Crippen LogP contribution is 2.35. The minimum atomic E-state index is -0.498. The van der Waals surface area contributed by atoms with Crippen molar-refractivity contribution >= 4 is 40.7 Å². The van der Waals surface area contributed by atoms with Crippen LogP contribution in [0.5, 0.6) is 5.75 Å². The molecule has 0 spiro atoms. The highest BCUT2D eigenvalue weighted by Gasteiger charge is 2.23. The predicted octanol–water partition coefficient (Wildman–Crippen LogP) is 8.18. The number of amides is 1. The van der Waals surface area contributed by atoms with Crippen LogP contribution in [0.15, 0.2) is 53.1 Å². The number of halogens is 4. The average Bonchev–Trinajstić information content (AvgIpc) is 3.29. The first kappa shape index (κ1) is 25.4. The zero-order valence-corrected chi connectivity index (χ0v) is 20.5. The molecule has 176 valence electrons. The topological polar surface area (TPSA) is 42.7 Å². The van der Waals surface area contributed by atoms with Crippen LogP contribution in [0.4, 0.5) is 4.39 Å². The van der Waals surface area contributed by atoms with Gasteiger partial charge in [0.05, 0.1) is 36.0 Å². The number of furan rings is 1. The molecule has 2 aromatic carbocycles. The van der Waals surface area contributed by atoms with Crippen molar-refractivity contribution in [2.24, 2.45) is 0 Å². The minimum Gasteiger partial charge on any atom is -0.490 e. The number of nitrogens with zero attached hydrogens (tertiary/aromatic N) is 1. The van der Waals surface area contributed by atoms with Crippen molar-refractivity contribution in [1.82, 2.24) is 4.90 Å². The molecule has 0 saturated heterocycles. The first-order valence-corrected chi connectivity index (χ1v) is 11.9. The Bertz CT molecular complexity index is 1030. The van der Waals surface area contributed by atoms with Gasteiger partial charge in [0.1, 0.15) is 11.6 Å². The van der Waals surface area contributed by atoms with Crippen molar-refractivity contribution < 1.29 is 18.3 Å². The molecule has 1 amide bonds. The van der Waals surface area contributed by atoms with E-state index in [9.17, 15) is 9.18 Å². The molecule has 0 aliphatic heterocycles. The van der Waals surface area contributed by atoms with Gasteiger partial charge in [-0.1, -0.05) is 67.1 Å². The molecule has 1 aromatic heterocycles. The van der Waals surface area contributed by atoms with Crippen LogP contribution in [0.25, 0.3) is 0 Å². The maximum Gasteiger partial charge on any atom is 0.254 e. The van der Waals surface area contributed by atoms with E-state index in [4.69, 9.17) is 44.0 Å². The number of ether oxygens (including phenoxy) is 1. The number of hydrogen-bond donors (Lipinski definition) is 0. The van der Waals surface area contributed by atoms with Gasteiger partial charge in [-0.15, -0.1) is 0 Å². The molecular weight excluding hydrogens is 488 g/mol. The highest BCUT2D eigenvalue weighted by molar-refractivity contribution is 6.37. The molecule has 0 fully saturated rings. The van der Waals surface area contributed by atoms with Crippen molar-refractivity contribution in [2.75, 3.05) is 6.61 Å². The number of carbonyl (C=O) groups excluding carboxylic acids is 1. The van der Waals surface area contributed by atoms with Gasteiger partial charge in [-0.05, 0) is 42.8 Å². The van der Waals surface area contributed by atoms with Gasteiger partial charge in [0.2, 0.25) is 0 Å². The lowest BCUT2D eigenvalue weighted by Gasteiger charge is -2.23. The van der Waals surface area contributed by atoms with Gasteiger partial charge in [-0.25, -0.2) is 4.39 Å². The first-order valence-electron chi connectivity index (χ1n) is 10.8. The zero-order chi connectivity index (χ0) is 23.8. The molecule has 0 bridgehead atoms. The maximum absolute atomic E-state index is 14.4. The van der Waals surface area contributed by atoms with Crippen LogP contribution in [0.1, 0.15) is 54.3 Å². The fraction of sp³-hybridized carbons (Fsp3) is 0.320. The van der Waals surface area contributed by atoms with Crippen molar-refractivity contribution in [1.29, 1.82) is 0 Å². The first-order chi connectivity index (χ1) is 15.9. The summed E-state index contributed by atoms with van der Waals surface area (Å²) in [5.41, 5.74) is 0.464. The number of benzene rings is 2. The average molecular weight is 513 g/mol. The molecule has 33 heavy (non-hydrogen) atoms. The number of carbonyl (C=O) groups is 1. The summed E-state index contributed by atoms with van der Waals surface area (Å²) in [6.45, 7) is 2.68. The summed E-state index contributed by atoms with van der Waals surface area (Å²) in [5, 5.41) is 0.710. The summed E-state index contributed by atoms with van der Waals surface area (Å²) in [7, 11) is 0. The summed E-state index contributed by atoms with van der Waals surface area (Å²) >= 11 is 19.0. The molecule has 1 heterocycles. The van der Waals surface area contributed by atoms with E-state index in [0.29, 0.717) is 18.1 Å². The lowest BCUT2D eigenvalue weighted by molar-refractivity contribution is 0.0716. The number of hydrogen-bond acceptors (Lipinski definition) is 3. The van der Waals surface area contributed by atoms with E-state index in [2.05, 4.69) is 6.92 Å². The Morgan fingerprint density at radius 1 is 1.00 bits per heavy atom. The SMILES string of the molecule is CCCCCCOc1c(Cl)cc(C(=O)N(Cc2ccco2)Cc2c(F)cccc2Cl)cc1Cl. The summed E-state index contributed by atoms with van der Waals surface area (Å²) < 4.78 is 25.6. The van der Waals surface area contributed by atoms with E-state index in [1.54, 1.807) is 18.2 Å². The molecule has 0 unspecified atom stereocenters. The van der Waals surface area contributed by atoms with Crippen LogP contribution < -0.4 is 4.74 Å². The zero-order valence-electron chi connectivity index (χ0n) is 18.3. The third-order valence-electron chi connectivity index (χ3n) is 5.11. The molecule has 4 nitrogen and oxygen atoms in total. The lowest BCUT2D eigenvalue weighted by atomic mass is 10.1. The van der Waals surface area contributed by atoms with Gasteiger partial charge < -0.3 is 14.1 Å². The maximum atomic E-state index is 14.4. The van der Waals surface area contributed by atoms with Gasteiger partial charge >= 0.3 is 0 Å². The summed E-state index contributed by atoms with van der Waals surface area (Å²) in [6.07, 6.45) is 5.72. The van der Waals surface area contributed by atoms with Gasteiger partial charge in [0, 0.05) is 16.1 Å². The predicted molar refractivity (Wildman–Crippen MR) is 130 cm³/mol. The Morgan fingerprint density at radius 3 is 2.39 bits per heavy atom. The Hall–Kier alpha value is -2.21. The van der Waals surface area contributed by atoms with Crippen molar-refractivity contribution in [3.8, 4) is 5.75 Å². The van der Waals surface area contributed by atoms with Crippen LogP contribution in [0.3, 0.4) is 0 Å². The second-order valence-corrected chi connectivity index (χ2v) is 8.84. The second-order valence-electron chi connectivity index (χ2n) is 7.62. The summed E-state index contributed by atoms with van der Waals surface area (Å²) in [4.78, 5) is 14.8. The summed E-state index contributed by atoms with van der Waals surface area (Å²) in [5.74, 6) is -0.00667. The third-order valence-corrected chi connectivity index (χ3v) is 6.03. The van der Waals surface area contributed by atoms with E-state index in [-0.39, 0.29) is 39.3 Å². The van der Waals surface area contributed by atoms with Crippen LogP contribution in [0, 0.1) is 5.82 Å². The Labute approximate surface area is 208 Å². The smallest absolute Gasteiger partial charge is 0.254 e. The van der Waals surface area contributed by atoms with E-state index in [1.165, 1.54) is 35.4 Å². The van der Waals surface area contributed by atoms with Gasteiger partial charge in [0.15, 0.2) is 5.75 Å². The van der Waals surface area contributed by atoms with E-state index < -0.39 is 11.7 Å². The Balaban J connectivity index is 1.83. The fourth-order valence-corrected chi connectivity index (χ4v) is 4.19. The molecule has 3 aromatic rings. The van der Waals surface area contributed by atoms with Crippen molar-refractivity contribution in [2.45, 2.75) is 45.7 Å². The molecule has 8 heteroatoms. The molecule has 3 rings (SSSR count). The van der Waals surface area contributed by atoms with E-state index in [0.717, 1.165) is 25.7 Å². The largest absolute Gasteiger partial charge is 0.490 e. The lowest BCUT2D eigenvalue weighted by Crippen LogP contribution is -2.30. The van der Waals surface area contributed by atoms with E-state index >= 15 is 0 Å². The molecule has 0 radical (unpaired) electrons. The molecule has 0 aliphatic rings. The minimum absolute atomic E-state index is 0.0596. The molecular formula is C25H25Cl3FNO3. The quantitative estimate of drug-likeness (QED) is 0.243. The molecule has 0 N–H and O–H groups in total. The van der Waals surface area contributed by atoms with Crippen molar-refractivity contribution in [3.05, 3.63) is 86.5 Å². The Morgan fingerprint density at radius 2 is 1.76 bits per heavy atom. The van der Waals surface area contributed by atoms with Crippen LogP contribution in [0.2, 0.25) is 15.1 Å². The monoisotopic (exact) mass is 511 g/mol. The second kappa shape index (κ2) is 12.3. The third kappa shape index (κ3) is 6.89. The van der Waals surface area contributed by atoms with Crippen LogP contribution >= 0.6 is 34.8 Å². The molecule has 0 atom stereocenters. The van der Waals surface area contributed by atoms with Crippen molar-refractivity contribution in [3.63, 3.8) is 0 Å². The van der Waals surface area contributed by atoms with Crippen LogP contribution in [-0.4, -0.2) is 17.4 Å². The molecule has 0 saturated carbocycles.